The average molecular weight is 294 g/mol. The highest BCUT2D eigenvalue weighted by atomic mass is 19.3. The number of anilines is 1. The number of benzene rings is 1. The molecule has 0 fully saturated rings. The van der Waals surface area contributed by atoms with Crippen LogP contribution >= 0.6 is 0 Å². The fraction of sp³-hybridized carbons (Fsp3) is 0.364. The molecule has 0 bridgehead atoms. The van der Waals surface area contributed by atoms with Gasteiger partial charge in [0.1, 0.15) is 0 Å². The van der Waals surface area contributed by atoms with Gasteiger partial charge < -0.3 is 20.5 Å². The molecule has 20 heavy (non-hydrogen) atoms. The number of ether oxygens (including phenoxy) is 2. The van der Waals surface area contributed by atoms with Crippen molar-refractivity contribution in [3.05, 3.63) is 17.7 Å². The summed E-state index contributed by atoms with van der Waals surface area (Å²) < 4.78 is 59.3. The van der Waals surface area contributed by atoms with Gasteiger partial charge in [-0.05, 0) is 6.07 Å². The molecule has 3 N–H and O–H groups in total. The number of amides is 1. The molecule has 0 saturated heterocycles. The molecule has 5 nitrogen and oxygen atoms in total. The second-order valence-corrected chi connectivity index (χ2v) is 4.04. The second-order valence-electron chi connectivity index (χ2n) is 4.04. The Morgan fingerprint density at radius 2 is 1.95 bits per heavy atom. The molecule has 0 aliphatic carbocycles. The largest absolute Gasteiger partial charge is 0.454 e. The van der Waals surface area contributed by atoms with E-state index in [1.54, 1.807) is 5.32 Å². The third-order valence-electron chi connectivity index (χ3n) is 2.59. The molecule has 0 spiro atoms. The first-order chi connectivity index (χ1) is 9.31. The smallest absolute Gasteiger partial charge is 0.324 e. The Balaban J connectivity index is 2.10. The zero-order valence-electron chi connectivity index (χ0n) is 9.96. The van der Waals surface area contributed by atoms with Crippen LogP contribution in [-0.4, -0.2) is 31.6 Å². The van der Waals surface area contributed by atoms with E-state index in [2.05, 4.69) is 0 Å². The Bertz CT molecular complexity index is 537. The number of nitrogens with two attached hydrogens (primary N) is 1. The van der Waals surface area contributed by atoms with E-state index in [0.29, 0.717) is 5.75 Å². The van der Waals surface area contributed by atoms with E-state index in [-0.39, 0.29) is 23.8 Å². The molecule has 2 rings (SSSR count). The average Bonchev–Trinajstić information content (AvgIpc) is 2.81. The Morgan fingerprint density at radius 3 is 2.55 bits per heavy atom. The fourth-order valence-corrected chi connectivity index (χ4v) is 1.52. The minimum absolute atomic E-state index is 0.0351. The molecule has 0 atom stereocenters. The fourth-order valence-electron chi connectivity index (χ4n) is 1.52. The van der Waals surface area contributed by atoms with Crippen molar-refractivity contribution in [2.45, 2.75) is 12.3 Å². The van der Waals surface area contributed by atoms with Gasteiger partial charge in [0.2, 0.25) is 6.79 Å². The van der Waals surface area contributed by atoms with Gasteiger partial charge in [0, 0.05) is 11.8 Å². The number of hydrogen-bond acceptors (Lipinski definition) is 4. The third kappa shape index (κ3) is 2.70. The van der Waals surface area contributed by atoms with Gasteiger partial charge in [-0.2, -0.15) is 8.78 Å². The van der Waals surface area contributed by atoms with Crippen LogP contribution in [0.3, 0.4) is 0 Å². The van der Waals surface area contributed by atoms with Crippen LogP contribution in [0.4, 0.5) is 23.2 Å². The monoisotopic (exact) mass is 294 g/mol. The number of fused-ring (bicyclic) bond motifs is 1. The maximum absolute atomic E-state index is 12.7. The predicted octanol–water partition coefficient (Wildman–Crippen LogP) is 1.63. The van der Waals surface area contributed by atoms with Crippen LogP contribution in [0.1, 0.15) is 10.4 Å². The van der Waals surface area contributed by atoms with Gasteiger partial charge in [0.05, 0.1) is 12.1 Å². The molecular formula is C11H10F4N2O3. The molecule has 0 aromatic heterocycles. The summed E-state index contributed by atoms with van der Waals surface area (Å²) in [4.78, 5) is 11.7. The highest BCUT2D eigenvalue weighted by Crippen LogP contribution is 2.35. The van der Waals surface area contributed by atoms with Crippen LogP contribution in [-0.2, 0) is 0 Å². The number of halogens is 4. The van der Waals surface area contributed by atoms with E-state index >= 15 is 0 Å². The van der Waals surface area contributed by atoms with Crippen molar-refractivity contribution >= 4 is 11.6 Å². The van der Waals surface area contributed by atoms with Crippen molar-refractivity contribution in [1.82, 2.24) is 5.32 Å². The maximum atomic E-state index is 12.7. The Hall–Kier alpha value is -2.19. The molecule has 110 valence electrons. The lowest BCUT2D eigenvalue weighted by Gasteiger charge is -2.16. The highest BCUT2D eigenvalue weighted by molar-refractivity contribution is 6.00. The summed E-state index contributed by atoms with van der Waals surface area (Å²) in [6.07, 6.45) is -3.86. The van der Waals surface area contributed by atoms with Gasteiger partial charge in [-0.3, -0.25) is 4.79 Å². The van der Waals surface area contributed by atoms with Crippen LogP contribution in [0.2, 0.25) is 0 Å². The minimum atomic E-state index is -4.30. The van der Waals surface area contributed by atoms with Gasteiger partial charge in [0.15, 0.2) is 11.5 Å². The maximum Gasteiger partial charge on any atom is 0.324 e. The summed E-state index contributed by atoms with van der Waals surface area (Å²) in [5.74, 6) is -4.76. The molecule has 1 amide bonds. The van der Waals surface area contributed by atoms with Crippen molar-refractivity contribution in [1.29, 1.82) is 0 Å². The van der Waals surface area contributed by atoms with Crippen molar-refractivity contribution in [2.75, 3.05) is 19.1 Å². The van der Waals surface area contributed by atoms with Crippen molar-refractivity contribution in [3.63, 3.8) is 0 Å². The van der Waals surface area contributed by atoms with Crippen molar-refractivity contribution < 1.29 is 31.8 Å². The molecule has 9 heteroatoms. The number of nitrogens with one attached hydrogen (secondary N) is 1. The normalized spacial score (nSPS) is 13.7. The zero-order valence-corrected chi connectivity index (χ0v) is 9.96. The SMILES string of the molecule is Nc1cc2c(cc1C(=O)NCC(F)(F)C(F)F)OCO2. The lowest BCUT2D eigenvalue weighted by Crippen LogP contribution is -2.41. The quantitative estimate of drug-likeness (QED) is 0.654. The first-order valence-electron chi connectivity index (χ1n) is 5.44. The number of hydrogen-bond donors (Lipinski definition) is 2. The van der Waals surface area contributed by atoms with Gasteiger partial charge in [0.25, 0.3) is 5.91 Å². The molecule has 1 aliphatic heterocycles. The summed E-state index contributed by atoms with van der Waals surface area (Å²) >= 11 is 0. The topological polar surface area (TPSA) is 73.6 Å². The van der Waals surface area contributed by atoms with E-state index in [4.69, 9.17) is 15.2 Å². The van der Waals surface area contributed by atoms with Crippen LogP contribution in [0.25, 0.3) is 0 Å². The molecule has 0 radical (unpaired) electrons. The summed E-state index contributed by atoms with van der Waals surface area (Å²) in [5.41, 5.74) is 5.37. The van der Waals surface area contributed by atoms with Crippen molar-refractivity contribution in [2.24, 2.45) is 0 Å². The summed E-state index contributed by atoms with van der Waals surface area (Å²) in [5, 5.41) is 1.71. The summed E-state index contributed by atoms with van der Waals surface area (Å²) in [6.45, 7) is -1.54. The first-order valence-corrected chi connectivity index (χ1v) is 5.44. The lowest BCUT2D eigenvalue weighted by atomic mass is 10.1. The van der Waals surface area contributed by atoms with E-state index in [0.717, 1.165) is 0 Å². The molecule has 0 saturated carbocycles. The Morgan fingerprint density at radius 1 is 1.35 bits per heavy atom. The van der Waals surface area contributed by atoms with Gasteiger partial charge in [-0.1, -0.05) is 0 Å². The van der Waals surface area contributed by atoms with Gasteiger partial charge >= 0.3 is 12.3 Å². The van der Waals surface area contributed by atoms with E-state index in [1.165, 1.54) is 12.1 Å². The highest BCUT2D eigenvalue weighted by Gasteiger charge is 2.41. The van der Waals surface area contributed by atoms with E-state index < -0.39 is 24.8 Å². The Labute approximate surface area is 110 Å². The molecule has 1 heterocycles. The Kier molecular flexibility index (Phi) is 3.60. The molecule has 1 aliphatic rings. The number of rotatable bonds is 4. The molecular weight excluding hydrogens is 284 g/mol. The molecule has 1 aromatic rings. The first kappa shape index (κ1) is 14.2. The predicted molar refractivity (Wildman–Crippen MR) is 60.3 cm³/mol. The second kappa shape index (κ2) is 5.06. The molecule has 0 unspecified atom stereocenters. The van der Waals surface area contributed by atoms with Crippen LogP contribution in [0.5, 0.6) is 11.5 Å². The lowest BCUT2D eigenvalue weighted by molar-refractivity contribution is -0.123. The number of carbonyl (C=O) groups excluding carboxylic acids is 1. The minimum Gasteiger partial charge on any atom is -0.454 e. The van der Waals surface area contributed by atoms with E-state index in [9.17, 15) is 22.4 Å². The third-order valence-corrected chi connectivity index (χ3v) is 2.59. The van der Waals surface area contributed by atoms with Crippen molar-refractivity contribution in [3.8, 4) is 11.5 Å². The zero-order chi connectivity index (χ0) is 14.9. The van der Waals surface area contributed by atoms with Gasteiger partial charge in [-0.15, -0.1) is 0 Å². The number of carbonyl (C=O) groups is 1. The summed E-state index contributed by atoms with van der Waals surface area (Å²) in [7, 11) is 0. The number of alkyl halides is 4. The summed E-state index contributed by atoms with van der Waals surface area (Å²) in [6, 6.07) is 2.50. The van der Waals surface area contributed by atoms with Gasteiger partial charge in [-0.25, -0.2) is 8.78 Å². The van der Waals surface area contributed by atoms with Crippen LogP contribution in [0, 0.1) is 0 Å². The van der Waals surface area contributed by atoms with Crippen LogP contribution < -0.4 is 20.5 Å². The number of nitrogen functional groups attached to an aromatic ring is 1. The molecule has 1 aromatic carbocycles. The standard InChI is InChI=1S/C11H10F4N2O3/c12-10(13)11(14,15)3-17-9(18)5-1-7-8(2-6(5)16)20-4-19-7/h1-2,10H,3-4,16H2,(H,17,18). The van der Waals surface area contributed by atoms with Crippen LogP contribution in [0.15, 0.2) is 12.1 Å². The van der Waals surface area contributed by atoms with E-state index in [1.807, 2.05) is 0 Å².